The minimum Gasteiger partial charge on any atom is -0.337 e. The van der Waals surface area contributed by atoms with E-state index in [1.165, 1.54) is 29.5 Å². The molecule has 2 aromatic rings. The SMILES string of the molecule is Cl.NCc1nc(C(=O)N2CCCN(C(=O)c3cccc(F)c3)CC2)cs1. The van der Waals surface area contributed by atoms with Crippen molar-refractivity contribution in [3.05, 3.63) is 51.7 Å². The van der Waals surface area contributed by atoms with Gasteiger partial charge in [0.05, 0.1) is 0 Å². The molecule has 2 N–H and O–H groups in total. The Bertz CT molecular complexity index is 786. The number of benzene rings is 1. The average Bonchev–Trinajstić information content (AvgIpc) is 2.97. The quantitative estimate of drug-likeness (QED) is 0.859. The fourth-order valence-electron chi connectivity index (χ4n) is 2.79. The lowest BCUT2D eigenvalue weighted by molar-refractivity contribution is 0.0716. The molecule has 1 aromatic carbocycles. The van der Waals surface area contributed by atoms with E-state index in [0.717, 1.165) is 5.01 Å². The molecule has 1 fully saturated rings. The standard InChI is InChI=1S/C17H19FN4O2S.ClH/c18-13-4-1-3-12(9-13)16(23)21-5-2-6-22(8-7-21)17(24)14-11-25-15(10-19)20-14;/h1,3-4,9,11H,2,5-8,10,19H2;1H. The monoisotopic (exact) mass is 398 g/mol. The van der Waals surface area contributed by atoms with Gasteiger partial charge in [0.1, 0.15) is 16.5 Å². The molecule has 0 saturated carbocycles. The van der Waals surface area contributed by atoms with Gasteiger partial charge in [-0.2, -0.15) is 0 Å². The van der Waals surface area contributed by atoms with Crippen LogP contribution in [0.15, 0.2) is 29.6 Å². The Kier molecular flexibility index (Phi) is 7.07. The third-order valence-electron chi connectivity index (χ3n) is 4.09. The van der Waals surface area contributed by atoms with E-state index in [1.807, 2.05) is 0 Å². The van der Waals surface area contributed by atoms with E-state index in [1.54, 1.807) is 21.2 Å². The number of nitrogens with two attached hydrogens (primary N) is 1. The van der Waals surface area contributed by atoms with Gasteiger partial charge in [-0.3, -0.25) is 9.59 Å². The second kappa shape index (κ2) is 9.07. The number of nitrogens with zero attached hydrogens (tertiary/aromatic N) is 3. The molecule has 1 saturated heterocycles. The van der Waals surface area contributed by atoms with Crippen LogP contribution in [-0.2, 0) is 6.54 Å². The van der Waals surface area contributed by atoms with Crippen molar-refractivity contribution in [2.75, 3.05) is 26.2 Å². The van der Waals surface area contributed by atoms with Gasteiger partial charge < -0.3 is 15.5 Å². The Morgan fingerprint density at radius 3 is 2.46 bits per heavy atom. The van der Waals surface area contributed by atoms with E-state index >= 15 is 0 Å². The number of hydrogen-bond donors (Lipinski definition) is 1. The topological polar surface area (TPSA) is 79.5 Å². The van der Waals surface area contributed by atoms with Gasteiger partial charge in [-0.25, -0.2) is 9.37 Å². The number of halogens is 2. The maximum atomic E-state index is 13.3. The summed E-state index contributed by atoms with van der Waals surface area (Å²) in [5.74, 6) is -0.791. The number of rotatable bonds is 3. The highest BCUT2D eigenvalue weighted by molar-refractivity contribution is 7.09. The molecule has 6 nitrogen and oxygen atoms in total. The minimum absolute atomic E-state index is 0. The number of amides is 2. The molecule has 2 heterocycles. The number of hydrogen-bond acceptors (Lipinski definition) is 5. The van der Waals surface area contributed by atoms with Crippen molar-refractivity contribution in [2.24, 2.45) is 5.73 Å². The van der Waals surface area contributed by atoms with Gasteiger partial charge in [0.2, 0.25) is 0 Å². The van der Waals surface area contributed by atoms with Gasteiger partial charge in [-0.1, -0.05) is 6.07 Å². The molecule has 1 aromatic heterocycles. The van der Waals surface area contributed by atoms with Crippen LogP contribution in [-0.4, -0.2) is 52.8 Å². The summed E-state index contributed by atoms with van der Waals surface area (Å²) in [6.07, 6.45) is 0.667. The van der Waals surface area contributed by atoms with Crippen LogP contribution in [0, 0.1) is 5.82 Å². The molecule has 2 amide bonds. The maximum Gasteiger partial charge on any atom is 0.273 e. The van der Waals surface area contributed by atoms with E-state index in [4.69, 9.17) is 5.73 Å². The molecule has 26 heavy (non-hydrogen) atoms. The first kappa shape index (κ1) is 20.3. The molecule has 0 spiro atoms. The third kappa shape index (κ3) is 4.57. The minimum atomic E-state index is -0.434. The Hall–Kier alpha value is -2.03. The summed E-state index contributed by atoms with van der Waals surface area (Å²) in [6.45, 7) is 2.24. The first-order chi connectivity index (χ1) is 12.1. The van der Waals surface area contributed by atoms with E-state index in [-0.39, 0.29) is 24.2 Å². The zero-order valence-corrected chi connectivity index (χ0v) is 15.7. The lowest BCUT2D eigenvalue weighted by atomic mass is 10.2. The van der Waals surface area contributed by atoms with Crippen LogP contribution in [0.5, 0.6) is 0 Å². The molecule has 0 unspecified atom stereocenters. The largest absolute Gasteiger partial charge is 0.337 e. The smallest absolute Gasteiger partial charge is 0.273 e. The predicted molar refractivity (Wildman–Crippen MR) is 100 cm³/mol. The van der Waals surface area contributed by atoms with Gasteiger partial charge in [0, 0.05) is 43.7 Å². The van der Waals surface area contributed by atoms with Crippen LogP contribution in [0.3, 0.4) is 0 Å². The fourth-order valence-corrected chi connectivity index (χ4v) is 3.44. The van der Waals surface area contributed by atoms with E-state index in [9.17, 15) is 14.0 Å². The number of aromatic nitrogens is 1. The van der Waals surface area contributed by atoms with Crippen molar-refractivity contribution in [1.29, 1.82) is 0 Å². The van der Waals surface area contributed by atoms with Crippen molar-refractivity contribution in [2.45, 2.75) is 13.0 Å². The van der Waals surface area contributed by atoms with Crippen LogP contribution in [0.4, 0.5) is 4.39 Å². The van der Waals surface area contributed by atoms with E-state index < -0.39 is 5.82 Å². The van der Waals surface area contributed by atoms with Crippen LogP contribution in [0.2, 0.25) is 0 Å². The third-order valence-corrected chi connectivity index (χ3v) is 4.96. The molecule has 9 heteroatoms. The van der Waals surface area contributed by atoms with Gasteiger partial charge in [0.25, 0.3) is 11.8 Å². The summed E-state index contributed by atoms with van der Waals surface area (Å²) < 4.78 is 13.3. The summed E-state index contributed by atoms with van der Waals surface area (Å²) >= 11 is 1.37. The summed E-state index contributed by atoms with van der Waals surface area (Å²) in [5, 5.41) is 2.44. The van der Waals surface area contributed by atoms with E-state index in [2.05, 4.69) is 4.98 Å². The van der Waals surface area contributed by atoms with Gasteiger partial charge >= 0.3 is 0 Å². The van der Waals surface area contributed by atoms with Gasteiger partial charge in [-0.15, -0.1) is 23.7 Å². The predicted octanol–water partition coefficient (Wildman–Crippen LogP) is 2.15. The second-order valence-corrected chi connectivity index (χ2v) is 6.72. The summed E-state index contributed by atoms with van der Waals surface area (Å²) in [5.41, 5.74) is 6.26. The second-order valence-electron chi connectivity index (χ2n) is 5.78. The molecular weight excluding hydrogens is 379 g/mol. The fraction of sp³-hybridized carbons (Fsp3) is 0.353. The van der Waals surface area contributed by atoms with Crippen molar-refractivity contribution in [1.82, 2.24) is 14.8 Å². The molecule has 0 bridgehead atoms. The van der Waals surface area contributed by atoms with Crippen LogP contribution >= 0.6 is 23.7 Å². The normalized spacial score (nSPS) is 14.5. The van der Waals surface area contributed by atoms with Crippen molar-refractivity contribution in [3.63, 3.8) is 0 Å². The lowest BCUT2D eigenvalue weighted by Gasteiger charge is -2.21. The highest BCUT2D eigenvalue weighted by atomic mass is 35.5. The van der Waals surface area contributed by atoms with Crippen molar-refractivity contribution < 1.29 is 14.0 Å². The Morgan fingerprint density at radius 1 is 1.15 bits per heavy atom. The summed E-state index contributed by atoms with van der Waals surface area (Å²) in [4.78, 5) is 32.7. The molecule has 0 aliphatic carbocycles. The number of carbonyl (C=O) groups excluding carboxylic acids is 2. The van der Waals surface area contributed by atoms with Crippen LogP contribution in [0.25, 0.3) is 0 Å². The molecule has 3 rings (SSSR count). The summed E-state index contributed by atoms with van der Waals surface area (Å²) in [6, 6.07) is 5.67. The average molecular weight is 399 g/mol. The van der Waals surface area contributed by atoms with Crippen molar-refractivity contribution >= 4 is 35.6 Å². The lowest BCUT2D eigenvalue weighted by Crippen LogP contribution is -2.37. The first-order valence-electron chi connectivity index (χ1n) is 8.07. The molecule has 0 radical (unpaired) electrons. The number of thiazole rings is 1. The number of carbonyl (C=O) groups is 2. The van der Waals surface area contributed by atoms with Crippen LogP contribution < -0.4 is 5.73 Å². The zero-order valence-electron chi connectivity index (χ0n) is 14.1. The maximum absolute atomic E-state index is 13.3. The zero-order chi connectivity index (χ0) is 17.8. The van der Waals surface area contributed by atoms with Gasteiger partial charge in [-0.05, 0) is 24.6 Å². The molecule has 140 valence electrons. The highest BCUT2D eigenvalue weighted by Gasteiger charge is 2.24. The Balaban J connectivity index is 0.00000243. The Labute approximate surface area is 161 Å². The molecule has 1 aliphatic rings. The highest BCUT2D eigenvalue weighted by Crippen LogP contribution is 2.15. The summed E-state index contributed by atoms with van der Waals surface area (Å²) in [7, 11) is 0. The van der Waals surface area contributed by atoms with Crippen LogP contribution in [0.1, 0.15) is 32.3 Å². The molecule has 0 atom stereocenters. The Morgan fingerprint density at radius 2 is 1.85 bits per heavy atom. The van der Waals surface area contributed by atoms with Crippen molar-refractivity contribution in [3.8, 4) is 0 Å². The molecular formula is C17H20ClFN4O2S. The molecule has 1 aliphatic heterocycles. The first-order valence-corrected chi connectivity index (χ1v) is 8.95. The van der Waals surface area contributed by atoms with Gasteiger partial charge in [0.15, 0.2) is 0 Å². The van der Waals surface area contributed by atoms with E-state index in [0.29, 0.717) is 50.4 Å².